The maximum absolute atomic E-state index is 10.4. The van der Waals surface area contributed by atoms with E-state index in [2.05, 4.69) is 0 Å². The minimum atomic E-state index is 0.349. The summed E-state index contributed by atoms with van der Waals surface area (Å²) in [6.45, 7) is 0. The van der Waals surface area contributed by atoms with E-state index in [9.17, 15) is 4.79 Å². The predicted octanol–water partition coefficient (Wildman–Crippen LogP) is 2.38. The van der Waals surface area contributed by atoms with Crippen molar-refractivity contribution in [1.82, 2.24) is 0 Å². The number of ether oxygens (including phenoxy) is 1. The Morgan fingerprint density at radius 3 is 2.71 bits per heavy atom. The molecule has 0 aromatic heterocycles. The van der Waals surface area contributed by atoms with Crippen molar-refractivity contribution in [2.75, 3.05) is 11.5 Å². The number of rotatable bonds is 3. The first-order valence-corrected chi connectivity index (χ1v) is 5.83. The molecular weight excluding hydrogens is 196 g/mol. The van der Waals surface area contributed by atoms with Crippen LogP contribution in [-0.4, -0.2) is 23.9 Å². The fourth-order valence-corrected chi connectivity index (χ4v) is 2.52. The van der Waals surface area contributed by atoms with Crippen LogP contribution in [0, 0.1) is 0 Å². The summed E-state index contributed by atoms with van der Waals surface area (Å²) in [7, 11) is 0. The highest BCUT2D eigenvalue weighted by atomic mass is 32.2. The first-order chi connectivity index (χ1) is 6.88. The molecule has 0 N–H and O–H groups in total. The molecule has 0 bridgehead atoms. The average molecular weight is 208 g/mol. The Labute approximate surface area is 87.6 Å². The van der Waals surface area contributed by atoms with E-state index in [1.165, 1.54) is 5.75 Å². The van der Waals surface area contributed by atoms with Crippen LogP contribution in [0.15, 0.2) is 24.3 Å². The van der Waals surface area contributed by atoms with Crippen molar-refractivity contribution >= 4 is 18.0 Å². The summed E-state index contributed by atoms with van der Waals surface area (Å²) in [6, 6.07) is 7.27. The highest BCUT2D eigenvalue weighted by Crippen LogP contribution is 2.23. The molecule has 1 heterocycles. The molecule has 2 rings (SSSR count). The maximum Gasteiger partial charge on any atom is 0.150 e. The molecule has 1 saturated heterocycles. The highest BCUT2D eigenvalue weighted by molar-refractivity contribution is 7.99. The smallest absolute Gasteiger partial charge is 0.150 e. The van der Waals surface area contributed by atoms with Crippen LogP contribution in [0.1, 0.15) is 16.8 Å². The van der Waals surface area contributed by atoms with Gasteiger partial charge in [0.15, 0.2) is 0 Å². The second kappa shape index (κ2) is 4.51. The van der Waals surface area contributed by atoms with Gasteiger partial charge < -0.3 is 4.74 Å². The minimum absolute atomic E-state index is 0.349. The zero-order valence-corrected chi connectivity index (χ0v) is 8.63. The Morgan fingerprint density at radius 1 is 1.36 bits per heavy atom. The molecule has 1 aromatic rings. The SMILES string of the molecule is O=Cc1ccc(OC2CCSC2)cc1. The molecule has 0 radical (unpaired) electrons. The third-order valence-corrected chi connectivity index (χ3v) is 3.34. The Morgan fingerprint density at radius 2 is 2.14 bits per heavy atom. The van der Waals surface area contributed by atoms with Crippen molar-refractivity contribution in [3.8, 4) is 5.75 Å². The Kier molecular flexibility index (Phi) is 3.09. The molecule has 0 spiro atoms. The lowest BCUT2D eigenvalue weighted by molar-refractivity contribution is 0.112. The van der Waals surface area contributed by atoms with E-state index in [-0.39, 0.29) is 0 Å². The summed E-state index contributed by atoms with van der Waals surface area (Å²) in [6.07, 6.45) is 2.32. The van der Waals surface area contributed by atoms with Gasteiger partial charge in [-0.25, -0.2) is 0 Å². The highest BCUT2D eigenvalue weighted by Gasteiger charge is 2.16. The largest absolute Gasteiger partial charge is 0.490 e. The van der Waals surface area contributed by atoms with Crippen molar-refractivity contribution in [1.29, 1.82) is 0 Å². The second-order valence-electron chi connectivity index (χ2n) is 3.29. The molecular formula is C11H12O2S. The van der Waals surface area contributed by atoms with Gasteiger partial charge in [0.25, 0.3) is 0 Å². The third kappa shape index (κ3) is 2.29. The van der Waals surface area contributed by atoms with Gasteiger partial charge in [-0.15, -0.1) is 0 Å². The molecule has 1 atom stereocenters. The van der Waals surface area contributed by atoms with Crippen LogP contribution in [0.3, 0.4) is 0 Å². The number of carbonyl (C=O) groups excluding carboxylic acids is 1. The van der Waals surface area contributed by atoms with E-state index < -0.39 is 0 Å². The van der Waals surface area contributed by atoms with Gasteiger partial charge in [0.1, 0.15) is 18.1 Å². The van der Waals surface area contributed by atoms with Crippen molar-refractivity contribution in [2.45, 2.75) is 12.5 Å². The second-order valence-corrected chi connectivity index (χ2v) is 4.44. The molecule has 74 valence electrons. The molecule has 1 aromatic carbocycles. The first kappa shape index (κ1) is 9.59. The zero-order valence-electron chi connectivity index (χ0n) is 7.81. The number of carbonyl (C=O) groups is 1. The lowest BCUT2D eigenvalue weighted by atomic mass is 10.2. The van der Waals surface area contributed by atoms with Crippen LogP contribution in [-0.2, 0) is 0 Å². The molecule has 14 heavy (non-hydrogen) atoms. The van der Waals surface area contributed by atoms with Gasteiger partial charge in [0.2, 0.25) is 0 Å². The van der Waals surface area contributed by atoms with E-state index in [1.807, 2.05) is 23.9 Å². The normalized spacial score (nSPS) is 20.7. The fourth-order valence-electron chi connectivity index (χ4n) is 1.42. The Bertz CT molecular complexity index is 302. The molecule has 3 heteroatoms. The fraction of sp³-hybridized carbons (Fsp3) is 0.364. The molecule has 1 aliphatic rings. The summed E-state index contributed by atoms with van der Waals surface area (Å²) in [5, 5.41) is 0. The standard InChI is InChI=1S/C11H12O2S/c12-7-9-1-3-10(4-2-9)13-11-5-6-14-8-11/h1-4,7,11H,5-6,8H2. The van der Waals surface area contributed by atoms with Gasteiger partial charge in [-0.05, 0) is 36.4 Å². The van der Waals surface area contributed by atoms with Crippen molar-refractivity contribution in [3.63, 3.8) is 0 Å². The molecule has 0 aliphatic carbocycles. The van der Waals surface area contributed by atoms with Gasteiger partial charge >= 0.3 is 0 Å². The van der Waals surface area contributed by atoms with Crippen molar-refractivity contribution in [2.24, 2.45) is 0 Å². The maximum atomic E-state index is 10.4. The molecule has 1 unspecified atom stereocenters. The summed E-state index contributed by atoms with van der Waals surface area (Å²) in [5.41, 5.74) is 0.693. The van der Waals surface area contributed by atoms with Crippen molar-refractivity contribution in [3.05, 3.63) is 29.8 Å². The van der Waals surface area contributed by atoms with Crippen LogP contribution in [0.5, 0.6) is 5.75 Å². The van der Waals surface area contributed by atoms with E-state index in [1.54, 1.807) is 12.1 Å². The van der Waals surface area contributed by atoms with Crippen LogP contribution < -0.4 is 4.74 Å². The predicted molar refractivity (Wildman–Crippen MR) is 58.2 cm³/mol. The Balaban J connectivity index is 1.98. The molecule has 1 fully saturated rings. The summed E-state index contributed by atoms with van der Waals surface area (Å²) >= 11 is 1.93. The lowest BCUT2D eigenvalue weighted by Crippen LogP contribution is -2.14. The van der Waals surface area contributed by atoms with E-state index >= 15 is 0 Å². The third-order valence-electron chi connectivity index (χ3n) is 2.21. The number of benzene rings is 1. The van der Waals surface area contributed by atoms with Gasteiger partial charge in [-0.1, -0.05) is 0 Å². The summed E-state index contributed by atoms with van der Waals surface area (Å²) in [5.74, 6) is 3.13. The quantitative estimate of drug-likeness (QED) is 0.713. The first-order valence-electron chi connectivity index (χ1n) is 4.68. The zero-order chi connectivity index (χ0) is 9.80. The summed E-state index contributed by atoms with van der Waals surface area (Å²) in [4.78, 5) is 10.4. The Hall–Kier alpha value is -0.960. The number of thioether (sulfide) groups is 1. The molecule has 0 saturated carbocycles. The lowest BCUT2D eigenvalue weighted by Gasteiger charge is -2.11. The molecule has 0 amide bonds. The van der Waals surface area contributed by atoms with Crippen molar-refractivity contribution < 1.29 is 9.53 Å². The summed E-state index contributed by atoms with van der Waals surface area (Å²) < 4.78 is 5.74. The number of aldehydes is 1. The monoisotopic (exact) mass is 208 g/mol. The van der Waals surface area contributed by atoms with E-state index in [4.69, 9.17) is 4.74 Å². The van der Waals surface area contributed by atoms with Crippen LogP contribution in [0.4, 0.5) is 0 Å². The van der Waals surface area contributed by atoms with Gasteiger partial charge in [-0.3, -0.25) is 4.79 Å². The van der Waals surface area contributed by atoms with Gasteiger partial charge in [0, 0.05) is 11.3 Å². The number of hydrogen-bond acceptors (Lipinski definition) is 3. The van der Waals surface area contributed by atoms with E-state index in [0.29, 0.717) is 11.7 Å². The van der Waals surface area contributed by atoms with E-state index in [0.717, 1.165) is 24.2 Å². The average Bonchev–Trinajstić information content (AvgIpc) is 2.72. The minimum Gasteiger partial charge on any atom is -0.490 e. The van der Waals surface area contributed by atoms with Crippen LogP contribution in [0.2, 0.25) is 0 Å². The molecule has 1 aliphatic heterocycles. The molecule has 2 nitrogen and oxygen atoms in total. The van der Waals surface area contributed by atoms with Gasteiger partial charge in [-0.2, -0.15) is 11.8 Å². The van der Waals surface area contributed by atoms with Crippen LogP contribution >= 0.6 is 11.8 Å². The van der Waals surface area contributed by atoms with Crippen LogP contribution in [0.25, 0.3) is 0 Å². The topological polar surface area (TPSA) is 26.3 Å². The van der Waals surface area contributed by atoms with Gasteiger partial charge in [0.05, 0.1) is 0 Å². The number of hydrogen-bond donors (Lipinski definition) is 0.